The molecule has 4 heteroatoms. The van der Waals surface area contributed by atoms with Crippen LogP contribution in [0, 0.1) is 0 Å². The zero-order valence-electron chi connectivity index (χ0n) is 7.00. The second-order valence-electron chi connectivity index (χ2n) is 3.21. The first-order chi connectivity index (χ1) is 5.09. The molecule has 2 atom stereocenters. The van der Waals surface area contributed by atoms with Gasteiger partial charge in [-0.15, -0.1) is 0 Å². The highest BCUT2D eigenvalue weighted by Crippen LogP contribution is 2.02. The molecule has 1 fully saturated rings. The van der Waals surface area contributed by atoms with E-state index < -0.39 is 0 Å². The maximum Gasteiger partial charge on any atom is 0.314 e. The van der Waals surface area contributed by atoms with E-state index in [4.69, 9.17) is 5.73 Å². The molecule has 1 aliphatic rings. The van der Waals surface area contributed by atoms with Crippen LogP contribution in [0.2, 0.25) is 0 Å². The molecule has 64 valence electrons. The Balaban J connectivity index is 2.49. The van der Waals surface area contributed by atoms with Gasteiger partial charge >= 0.3 is 6.03 Å². The zero-order chi connectivity index (χ0) is 8.43. The Labute approximate surface area is 66.7 Å². The van der Waals surface area contributed by atoms with Crippen LogP contribution >= 0.6 is 0 Å². The number of nitrogens with two attached hydrogens (primary N) is 1. The topological polar surface area (TPSA) is 58.4 Å². The van der Waals surface area contributed by atoms with E-state index in [1.54, 1.807) is 4.90 Å². The van der Waals surface area contributed by atoms with E-state index in [0.717, 1.165) is 13.1 Å². The van der Waals surface area contributed by atoms with Gasteiger partial charge in [0.25, 0.3) is 0 Å². The Morgan fingerprint density at radius 2 is 1.91 bits per heavy atom. The van der Waals surface area contributed by atoms with Gasteiger partial charge in [0.15, 0.2) is 0 Å². The van der Waals surface area contributed by atoms with Crippen molar-refractivity contribution in [1.82, 2.24) is 10.2 Å². The summed E-state index contributed by atoms with van der Waals surface area (Å²) < 4.78 is 0. The maximum atomic E-state index is 10.8. The van der Waals surface area contributed by atoms with Gasteiger partial charge in [0.2, 0.25) is 0 Å². The van der Waals surface area contributed by atoms with Crippen molar-refractivity contribution < 1.29 is 4.79 Å². The molecule has 0 saturated carbocycles. The molecule has 0 aliphatic carbocycles. The van der Waals surface area contributed by atoms with E-state index in [0.29, 0.717) is 12.1 Å². The quantitative estimate of drug-likeness (QED) is 0.509. The monoisotopic (exact) mass is 157 g/mol. The first-order valence-corrected chi connectivity index (χ1v) is 3.90. The lowest BCUT2D eigenvalue weighted by Crippen LogP contribution is -2.57. The highest BCUT2D eigenvalue weighted by Gasteiger charge is 2.22. The van der Waals surface area contributed by atoms with Crippen molar-refractivity contribution in [3.8, 4) is 0 Å². The summed E-state index contributed by atoms with van der Waals surface area (Å²) in [5.41, 5.74) is 5.15. The Hall–Kier alpha value is -0.770. The molecular weight excluding hydrogens is 142 g/mol. The van der Waals surface area contributed by atoms with Crippen molar-refractivity contribution >= 4 is 6.03 Å². The van der Waals surface area contributed by atoms with Crippen LogP contribution in [0.1, 0.15) is 13.8 Å². The number of nitrogens with one attached hydrogen (secondary N) is 1. The van der Waals surface area contributed by atoms with Crippen LogP contribution in [0.25, 0.3) is 0 Å². The molecule has 0 unspecified atom stereocenters. The van der Waals surface area contributed by atoms with E-state index in [2.05, 4.69) is 5.32 Å². The fourth-order valence-electron chi connectivity index (χ4n) is 1.51. The minimum Gasteiger partial charge on any atom is -0.351 e. The standard InChI is InChI=1S/C7H15N3O/c1-5-3-10(7(8)11)4-6(2)9-5/h5-6,9H,3-4H2,1-2H3,(H2,8,11)/t5-,6-/m0/s1. The molecule has 3 N–H and O–H groups in total. The summed E-state index contributed by atoms with van der Waals surface area (Å²) in [5.74, 6) is 0. The molecule has 1 heterocycles. The summed E-state index contributed by atoms with van der Waals surface area (Å²) in [6.07, 6.45) is 0. The number of carbonyl (C=O) groups excluding carboxylic acids is 1. The van der Waals surface area contributed by atoms with Gasteiger partial charge in [-0.1, -0.05) is 0 Å². The average Bonchev–Trinajstić information content (AvgIpc) is 1.85. The number of primary amides is 1. The largest absolute Gasteiger partial charge is 0.351 e. The lowest BCUT2D eigenvalue weighted by atomic mass is 10.1. The van der Waals surface area contributed by atoms with Crippen molar-refractivity contribution in [2.24, 2.45) is 5.73 Å². The first kappa shape index (κ1) is 8.33. The number of urea groups is 1. The molecule has 1 rings (SSSR count). The van der Waals surface area contributed by atoms with Crippen molar-refractivity contribution in [3.05, 3.63) is 0 Å². The predicted molar refractivity (Wildman–Crippen MR) is 43.2 cm³/mol. The second-order valence-corrected chi connectivity index (χ2v) is 3.21. The number of carbonyl (C=O) groups is 1. The minimum absolute atomic E-state index is 0.315. The summed E-state index contributed by atoms with van der Waals surface area (Å²) in [5, 5.41) is 3.31. The normalized spacial score (nSPS) is 32.0. The SMILES string of the molecule is C[C@H]1CN(C(N)=O)C[C@H](C)N1. The zero-order valence-corrected chi connectivity index (χ0v) is 7.00. The van der Waals surface area contributed by atoms with E-state index in [9.17, 15) is 4.79 Å². The number of piperazine rings is 1. The van der Waals surface area contributed by atoms with E-state index in [-0.39, 0.29) is 6.03 Å². The number of rotatable bonds is 0. The fraction of sp³-hybridized carbons (Fsp3) is 0.857. The summed E-state index contributed by atoms with van der Waals surface area (Å²) in [4.78, 5) is 12.4. The van der Waals surface area contributed by atoms with Gasteiger partial charge in [-0.05, 0) is 13.8 Å². The molecule has 0 bridgehead atoms. The van der Waals surface area contributed by atoms with E-state index in [1.165, 1.54) is 0 Å². The molecule has 0 aromatic heterocycles. The van der Waals surface area contributed by atoms with Crippen LogP contribution in [-0.4, -0.2) is 36.1 Å². The first-order valence-electron chi connectivity index (χ1n) is 3.90. The average molecular weight is 157 g/mol. The Kier molecular flexibility index (Phi) is 2.34. The number of hydrogen-bond donors (Lipinski definition) is 2. The van der Waals surface area contributed by atoms with Crippen LogP contribution in [0.5, 0.6) is 0 Å². The van der Waals surface area contributed by atoms with Crippen LogP contribution in [0.3, 0.4) is 0 Å². The molecular formula is C7H15N3O. The third-order valence-corrected chi connectivity index (χ3v) is 1.87. The van der Waals surface area contributed by atoms with Crippen LogP contribution < -0.4 is 11.1 Å². The fourth-order valence-corrected chi connectivity index (χ4v) is 1.51. The summed E-state index contributed by atoms with van der Waals surface area (Å²) in [6.45, 7) is 5.54. The highest BCUT2D eigenvalue weighted by atomic mass is 16.2. The van der Waals surface area contributed by atoms with Crippen LogP contribution in [0.15, 0.2) is 0 Å². The summed E-state index contributed by atoms with van der Waals surface area (Å²) in [6, 6.07) is 0.391. The molecule has 1 saturated heterocycles. The summed E-state index contributed by atoms with van der Waals surface area (Å²) in [7, 11) is 0. The Morgan fingerprint density at radius 1 is 1.45 bits per heavy atom. The predicted octanol–water partition coefficient (Wildman–Crippen LogP) is -0.253. The van der Waals surface area contributed by atoms with Gasteiger partial charge in [0.1, 0.15) is 0 Å². The highest BCUT2D eigenvalue weighted by molar-refractivity contribution is 5.72. The van der Waals surface area contributed by atoms with Crippen molar-refractivity contribution in [2.75, 3.05) is 13.1 Å². The van der Waals surface area contributed by atoms with Crippen molar-refractivity contribution in [1.29, 1.82) is 0 Å². The van der Waals surface area contributed by atoms with E-state index >= 15 is 0 Å². The minimum atomic E-state index is -0.315. The maximum absolute atomic E-state index is 10.8. The van der Waals surface area contributed by atoms with Gasteiger partial charge in [0.05, 0.1) is 0 Å². The van der Waals surface area contributed by atoms with Gasteiger partial charge in [-0.3, -0.25) is 0 Å². The second kappa shape index (κ2) is 3.09. The Bertz CT molecular complexity index is 150. The van der Waals surface area contributed by atoms with E-state index in [1.807, 2.05) is 13.8 Å². The lowest BCUT2D eigenvalue weighted by molar-refractivity contribution is 0.173. The van der Waals surface area contributed by atoms with Crippen LogP contribution in [-0.2, 0) is 0 Å². The van der Waals surface area contributed by atoms with Crippen molar-refractivity contribution in [3.63, 3.8) is 0 Å². The number of nitrogens with zero attached hydrogens (tertiary/aromatic N) is 1. The number of hydrogen-bond acceptors (Lipinski definition) is 2. The smallest absolute Gasteiger partial charge is 0.314 e. The van der Waals surface area contributed by atoms with Gasteiger partial charge in [-0.2, -0.15) is 0 Å². The molecule has 2 amide bonds. The molecule has 4 nitrogen and oxygen atoms in total. The molecule has 11 heavy (non-hydrogen) atoms. The van der Waals surface area contributed by atoms with Crippen LogP contribution in [0.4, 0.5) is 4.79 Å². The van der Waals surface area contributed by atoms with Gasteiger partial charge < -0.3 is 16.0 Å². The third-order valence-electron chi connectivity index (χ3n) is 1.87. The molecule has 0 aromatic carbocycles. The van der Waals surface area contributed by atoms with Gasteiger partial charge in [-0.25, -0.2) is 4.79 Å². The lowest BCUT2D eigenvalue weighted by Gasteiger charge is -2.34. The number of amides is 2. The van der Waals surface area contributed by atoms with Gasteiger partial charge in [0, 0.05) is 25.2 Å². The molecule has 1 aliphatic heterocycles. The molecule has 0 spiro atoms. The van der Waals surface area contributed by atoms with Crippen molar-refractivity contribution in [2.45, 2.75) is 25.9 Å². The summed E-state index contributed by atoms with van der Waals surface area (Å²) >= 11 is 0. The Morgan fingerprint density at radius 3 is 2.27 bits per heavy atom. The molecule has 0 aromatic rings. The molecule has 0 radical (unpaired) electrons. The third kappa shape index (κ3) is 2.08.